The number of amides is 3. The molecule has 2 N–H and O–H groups in total. The van der Waals surface area contributed by atoms with Gasteiger partial charge < -0.3 is 10.6 Å². The lowest BCUT2D eigenvalue weighted by atomic mass is 9.83. The Kier molecular flexibility index (Phi) is 5.83. The van der Waals surface area contributed by atoms with Gasteiger partial charge in [0.15, 0.2) is 5.13 Å². The predicted molar refractivity (Wildman–Crippen MR) is 104 cm³/mol. The Bertz CT molecular complexity index is 911. The van der Waals surface area contributed by atoms with Crippen LogP contribution < -0.4 is 15.5 Å². The second kappa shape index (κ2) is 8.02. The fraction of sp³-hybridized carbons (Fsp3) is 0.421. The van der Waals surface area contributed by atoms with Gasteiger partial charge in [-0.2, -0.15) is 13.2 Å². The average Bonchev–Trinajstić information content (AvgIpc) is 3.28. The van der Waals surface area contributed by atoms with Crippen LogP contribution in [0.2, 0.25) is 0 Å². The summed E-state index contributed by atoms with van der Waals surface area (Å²) in [4.78, 5) is 29.8. The van der Waals surface area contributed by atoms with Gasteiger partial charge in [-0.05, 0) is 11.6 Å². The van der Waals surface area contributed by atoms with Gasteiger partial charge in [0.1, 0.15) is 0 Å². The minimum atomic E-state index is -4.41. The normalized spacial score (nSPS) is 14.8. The molecule has 29 heavy (non-hydrogen) atoms. The number of carbonyl (C=O) groups excluding carboxylic acids is 2. The third kappa shape index (κ3) is 5.06. The van der Waals surface area contributed by atoms with Crippen molar-refractivity contribution in [2.45, 2.75) is 31.9 Å². The summed E-state index contributed by atoms with van der Waals surface area (Å²) in [7, 11) is 0. The van der Waals surface area contributed by atoms with Crippen LogP contribution in [-0.2, 0) is 22.8 Å². The van der Waals surface area contributed by atoms with Crippen molar-refractivity contribution in [1.29, 1.82) is 0 Å². The molecule has 1 saturated heterocycles. The highest BCUT2D eigenvalue weighted by Crippen LogP contribution is 2.32. The van der Waals surface area contributed by atoms with Crippen LogP contribution in [-0.4, -0.2) is 36.6 Å². The Balaban J connectivity index is 1.59. The first-order valence-corrected chi connectivity index (χ1v) is 9.88. The number of benzene rings is 1. The van der Waals surface area contributed by atoms with Crippen molar-refractivity contribution in [2.75, 3.05) is 24.5 Å². The third-order valence-electron chi connectivity index (χ3n) is 4.67. The van der Waals surface area contributed by atoms with E-state index >= 15 is 0 Å². The second-order valence-corrected chi connectivity index (χ2v) is 8.26. The van der Waals surface area contributed by atoms with E-state index in [1.54, 1.807) is 25.3 Å². The minimum absolute atomic E-state index is 0.0324. The summed E-state index contributed by atoms with van der Waals surface area (Å²) < 4.78 is 38.8. The molecule has 1 fully saturated rings. The number of aromatic nitrogens is 1. The van der Waals surface area contributed by atoms with Crippen molar-refractivity contribution in [1.82, 2.24) is 15.6 Å². The summed E-state index contributed by atoms with van der Waals surface area (Å²) in [6, 6.07) is 4.92. The van der Waals surface area contributed by atoms with Crippen molar-refractivity contribution in [3.8, 4) is 0 Å². The number of thiazole rings is 1. The van der Waals surface area contributed by atoms with E-state index in [1.807, 2.05) is 0 Å². The van der Waals surface area contributed by atoms with Crippen LogP contribution in [0.3, 0.4) is 0 Å². The molecule has 0 saturated carbocycles. The fourth-order valence-corrected chi connectivity index (χ4v) is 3.77. The number of urea groups is 1. The van der Waals surface area contributed by atoms with Gasteiger partial charge in [0.2, 0.25) is 5.91 Å². The number of anilines is 1. The molecule has 6 nitrogen and oxygen atoms in total. The molecule has 1 aliphatic heterocycles. The molecule has 0 unspecified atom stereocenters. The number of halogens is 3. The molecular weight excluding hydrogens is 405 g/mol. The Hall–Kier alpha value is -2.62. The highest BCUT2D eigenvalue weighted by molar-refractivity contribution is 7.14. The number of rotatable bonds is 6. The molecule has 156 valence electrons. The van der Waals surface area contributed by atoms with Crippen LogP contribution in [0.4, 0.5) is 23.1 Å². The molecule has 1 aromatic carbocycles. The van der Waals surface area contributed by atoms with E-state index in [-0.39, 0.29) is 24.9 Å². The average molecular weight is 426 g/mol. The Morgan fingerprint density at radius 3 is 2.69 bits per heavy atom. The largest absolute Gasteiger partial charge is 0.416 e. The number of nitrogens with one attached hydrogen (secondary N) is 2. The molecule has 2 heterocycles. The summed E-state index contributed by atoms with van der Waals surface area (Å²) in [5, 5.41) is 7.71. The van der Waals surface area contributed by atoms with Crippen molar-refractivity contribution < 1.29 is 22.8 Å². The first-order chi connectivity index (χ1) is 13.6. The molecule has 3 rings (SSSR count). The van der Waals surface area contributed by atoms with Crippen LogP contribution in [0.25, 0.3) is 0 Å². The SMILES string of the molecule is CC(C)(CNC(=O)Cc1csc(N2CCNC2=O)n1)c1cccc(C(F)(F)F)c1. The maximum atomic E-state index is 12.9. The van der Waals surface area contributed by atoms with E-state index in [4.69, 9.17) is 0 Å². The Labute approximate surface area is 170 Å². The lowest BCUT2D eigenvalue weighted by Crippen LogP contribution is -2.37. The van der Waals surface area contributed by atoms with Gasteiger partial charge in [0.05, 0.1) is 17.7 Å². The Morgan fingerprint density at radius 2 is 2.03 bits per heavy atom. The van der Waals surface area contributed by atoms with E-state index in [0.29, 0.717) is 29.5 Å². The lowest BCUT2D eigenvalue weighted by Gasteiger charge is -2.26. The van der Waals surface area contributed by atoms with Gasteiger partial charge in [-0.25, -0.2) is 9.78 Å². The zero-order valence-corrected chi connectivity index (χ0v) is 16.8. The molecule has 3 amide bonds. The van der Waals surface area contributed by atoms with E-state index in [2.05, 4.69) is 15.6 Å². The summed E-state index contributed by atoms with van der Waals surface area (Å²) in [6.07, 6.45) is -4.38. The maximum absolute atomic E-state index is 12.9. The second-order valence-electron chi connectivity index (χ2n) is 7.42. The number of nitrogens with zero attached hydrogens (tertiary/aromatic N) is 2. The van der Waals surface area contributed by atoms with Crippen molar-refractivity contribution in [2.24, 2.45) is 0 Å². The number of hydrogen-bond acceptors (Lipinski definition) is 4. The van der Waals surface area contributed by atoms with Gasteiger partial charge in [-0.15, -0.1) is 11.3 Å². The summed E-state index contributed by atoms with van der Waals surface area (Å²) >= 11 is 1.28. The smallest absolute Gasteiger partial charge is 0.355 e. The van der Waals surface area contributed by atoms with Crippen molar-refractivity contribution in [3.63, 3.8) is 0 Å². The molecule has 1 aromatic heterocycles. The molecule has 2 aromatic rings. The molecule has 0 radical (unpaired) electrons. The molecule has 0 aliphatic carbocycles. The number of alkyl halides is 3. The molecule has 10 heteroatoms. The van der Waals surface area contributed by atoms with Gasteiger partial charge in [0, 0.05) is 30.4 Å². The first-order valence-electron chi connectivity index (χ1n) is 9.00. The summed E-state index contributed by atoms with van der Waals surface area (Å²) in [5.74, 6) is -0.284. The van der Waals surface area contributed by atoms with E-state index < -0.39 is 17.2 Å². The van der Waals surface area contributed by atoms with Gasteiger partial charge in [-0.3, -0.25) is 9.69 Å². The first kappa shape index (κ1) is 21.1. The third-order valence-corrected chi connectivity index (χ3v) is 5.58. The van der Waals surface area contributed by atoms with Crippen LogP contribution in [0.15, 0.2) is 29.6 Å². The zero-order chi connectivity index (χ0) is 21.2. The maximum Gasteiger partial charge on any atom is 0.416 e. The fourth-order valence-electron chi connectivity index (χ4n) is 2.92. The monoisotopic (exact) mass is 426 g/mol. The minimum Gasteiger partial charge on any atom is -0.355 e. The van der Waals surface area contributed by atoms with Gasteiger partial charge in [-0.1, -0.05) is 32.0 Å². The highest BCUT2D eigenvalue weighted by atomic mass is 32.1. The van der Waals surface area contributed by atoms with Crippen LogP contribution >= 0.6 is 11.3 Å². The van der Waals surface area contributed by atoms with Crippen LogP contribution in [0.1, 0.15) is 30.7 Å². The Morgan fingerprint density at radius 1 is 1.31 bits per heavy atom. The standard InChI is InChI=1S/C19H21F3N4O2S/c1-18(2,12-4-3-5-13(8-12)19(20,21)22)11-24-15(27)9-14-10-29-17(25-14)26-7-6-23-16(26)28/h3-5,8,10H,6-7,9,11H2,1-2H3,(H,23,28)(H,24,27). The van der Waals surface area contributed by atoms with E-state index in [0.717, 1.165) is 12.1 Å². The van der Waals surface area contributed by atoms with E-state index in [1.165, 1.54) is 22.3 Å². The molecular formula is C19H21F3N4O2S. The molecule has 0 bridgehead atoms. The lowest BCUT2D eigenvalue weighted by molar-refractivity contribution is -0.137. The van der Waals surface area contributed by atoms with Crippen molar-refractivity contribution >= 4 is 28.4 Å². The summed E-state index contributed by atoms with van der Waals surface area (Å²) in [5.41, 5.74) is -0.365. The van der Waals surface area contributed by atoms with Crippen LogP contribution in [0, 0.1) is 0 Å². The number of carbonyl (C=O) groups is 2. The van der Waals surface area contributed by atoms with E-state index in [9.17, 15) is 22.8 Å². The molecule has 0 atom stereocenters. The van der Waals surface area contributed by atoms with Crippen molar-refractivity contribution in [3.05, 3.63) is 46.5 Å². The predicted octanol–water partition coefficient (Wildman–Crippen LogP) is 3.33. The van der Waals surface area contributed by atoms with Crippen LogP contribution in [0.5, 0.6) is 0 Å². The summed E-state index contributed by atoms with van der Waals surface area (Å²) in [6.45, 7) is 4.81. The molecule has 0 spiro atoms. The highest BCUT2D eigenvalue weighted by Gasteiger charge is 2.32. The van der Waals surface area contributed by atoms with Gasteiger partial charge >= 0.3 is 12.2 Å². The molecule has 1 aliphatic rings. The van der Waals surface area contributed by atoms with Gasteiger partial charge in [0.25, 0.3) is 0 Å². The number of hydrogen-bond donors (Lipinski definition) is 2. The zero-order valence-electron chi connectivity index (χ0n) is 16.0. The topological polar surface area (TPSA) is 74.3 Å². The quantitative estimate of drug-likeness (QED) is 0.744.